The molecule has 1 aromatic heterocycles. The van der Waals surface area contributed by atoms with E-state index in [1.807, 2.05) is 42.5 Å². The second-order valence-corrected chi connectivity index (χ2v) is 16.6. The Bertz CT molecular complexity index is 1570. The van der Waals surface area contributed by atoms with Gasteiger partial charge in [-0.1, -0.05) is 50.0 Å². The standard InChI is InChI=1S/C29H30F3N5O3Si/c1-41(2,3)13-12-39-18-37-27(35-36-28(37)21-7-5-9-24(15-21)40-29(30,31)32)20-6-4-8-22(14-20)33-23-11-10-19-16-26(38)34-25(19)17-23/h4-11,14-15,17,33H,12-13,16,18H2,1-3H3,(H,34,38). The Balaban J connectivity index is 1.45. The van der Waals surface area contributed by atoms with Crippen molar-refractivity contribution in [3.05, 3.63) is 72.3 Å². The molecule has 0 saturated carbocycles. The maximum atomic E-state index is 12.9. The van der Waals surface area contributed by atoms with Crippen molar-refractivity contribution in [2.45, 2.75) is 45.2 Å². The zero-order valence-corrected chi connectivity index (χ0v) is 23.9. The van der Waals surface area contributed by atoms with Crippen LogP contribution in [0.1, 0.15) is 5.56 Å². The maximum absolute atomic E-state index is 12.9. The highest BCUT2D eigenvalue weighted by molar-refractivity contribution is 6.76. The molecule has 214 valence electrons. The lowest BCUT2D eigenvalue weighted by Gasteiger charge is -2.17. The molecule has 12 heteroatoms. The molecule has 41 heavy (non-hydrogen) atoms. The molecule has 1 aliphatic heterocycles. The lowest BCUT2D eigenvalue weighted by atomic mass is 10.1. The molecule has 0 spiro atoms. The number of ether oxygens (including phenoxy) is 2. The summed E-state index contributed by atoms with van der Waals surface area (Å²) in [5, 5.41) is 14.9. The third-order valence-corrected chi connectivity index (χ3v) is 8.14. The normalized spacial score (nSPS) is 13.2. The number of hydrogen-bond acceptors (Lipinski definition) is 6. The number of nitrogens with one attached hydrogen (secondary N) is 2. The third-order valence-electron chi connectivity index (χ3n) is 6.44. The lowest BCUT2D eigenvalue weighted by Crippen LogP contribution is -2.22. The quantitative estimate of drug-likeness (QED) is 0.154. The Kier molecular flexibility index (Phi) is 7.87. The van der Waals surface area contributed by atoms with Crippen LogP contribution in [0.25, 0.3) is 22.8 Å². The van der Waals surface area contributed by atoms with E-state index in [2.05, 4.69) is 45.2 Å². The summed E-state index contributed by atoms with van der Waals surface area (Å²) in [6, 6.07) is 19.9. The minimum Gasteiger partial charge on any atom is -0.406 e. The van der Waals surface area contributed by atoms with Crippen molar-refractivity contribution < 1.29 is 27.4 Å². The number of hydrogen-bond donors (Lipinski definition) is 2. The average molecular weight is 582 g/mol. The first-order valence-electron chi connectivity index (χ1n) is 13.1. The van der Waals surface area contributed by atoms with Crippen molar-refractivity contribution >= 4 is 31.0 Å². The summed E-state index contributed by atoms with van der Waals surface area (Å²) in [6.07, 6.45) is -4.44. The number of carbonyl (C=O) groups is 1. The minimum atomic E-state index is -4.81. The third kappa shape index (κ3) is 7.33. The maximum Gasteiger partial charge on any atom is 0.573 e. The summed E-state index contributed by atoms with van der Waals surface area (Å²) in [4.78, 5) is 11.7. The highest BCUT2D eigenvalue weighted by Crippen LogP contribution is 2.32. The molecule has 0 saturated heterocycles. The van der Waals surface area contributed by atoms with Crippen molar-refractivity contribution in [2.24, 2.45) is 0 Å². The molecule has 0 atom stereocenters. The van der Waals surface area contributed by atoms with E-state index >= 15 is 0 Å². The number of benzene rings is 3. The van der Waals surface area contributed by atoms with Gasteiger partial charge in [0.25, 0.3) is 0 Å². The first-order chi connectivity index (χ1) is 19.4. The Morgan fingerprint density at radius 3 is 2.34 bits per heavy atom. The number of halogens is 3. The predicted octanol–water partition coefficient (Wildman–Crippen LogP) is 7.06. The summed E-state index contributed by atoms with van der Waals surface area (Å²) in [5.41, 5.74) is 4.47. The van der Waals surface area contributed by atoms with Gasteiger partial charge in [0.05, 0.1) is 6.42 Å². The minimum absolute atomic E-state index is 0.0307. The first-order valence-corrected chi connectivity index (χ1v) is 16.8. The van der Waals surface area contributed by atoms with Gasteiger partial charge in [0.1, 0.15) is 12.5 Å². The largest absolute Gasteiger partial charge is 0.573 e. The molecule has 0 unspecified atom stereocenters. The van der Waals surface area contributed by atoms with Crippen LogP contribution in [0.3, 0.4) is 0 Å². The highest BCUT2D eigenvalue weighted by atomic mass is 28.3. The number of aromatic nitrogens is 3. The van der Waals surface area contributed by atoms with E-state index in [1.165, 1.54) is 18.2 Å². The van der Waals surface area contributed by atoms with Crippen LogP contribution in [-0.2, 0) is 22.7 Å². The zero-order chi connectivity index (χ0) is 29.2. The second-order valence-electron chi connectivity index (χ2n) is 11.0. The van der Waals surface area contributed by atoms with Gasteiger partial charge in [0.2, 0.25) is 5.91 Å². The number of rotatable bonds is 10. The SMILES string of the molecule is C[Si](C)(C)CCOCn1c(-c2cccc(Nc3ccc4c(c3)NC(=O)C4)c2)nnc1-c1cccc(OC(F)(F)F)c1. The van der Waals surface area contributed by atoms with Crippen molar-refractivity contribution in [1.82, 2.24) is 14.8 Å². The summed E-state index contributed by atoms with van der Waals surface area (Å²) < 4.78 is 50.5. The van der Waals surface area contributed by atoms with Crippen LogP contribution in [0.4, 0.5) is 30.2 Å². The molecular weight excluding hydrogens is 551 g/mol. The lowest BCUT2D eigenvalue weighted by molar-refractivity contribution is -0.274. The van der Waals surface area contributed by atoms with E-state index in [0.29, 0.717) is 30.2 Å². The molecule has 0 aliphatic carbocycles. The molecular formula is C29H30F3N5O3Si. The summed E-state index contributed by atoms with van der Waals surface area (Å²) in [7, 11) is -1.34. The van der Waals surface area contributed by atoms with E-state index in [-0.39, 0.29) is 18.4 Å². The van der Waals surface area contributed by atoms with Crippen LogP contribution in [0.5, 0.6) is 5.75 Å². The molecule has 2 heterocycles. The molecule has 8 nitrogen and oxygen atoms in total. The summed E-state index contributed by atoms with van der Waals surface area (Å²) >= 11 is 0. The number of amides is 1. The number of anilines is 3. The van der Waals surface area contributed by atoms with Gasteiger partial charge in [-0.05, 0) is 48.0 Å². The molecule has 0 bridgehead atoms. The number of carbonyl (C=O) groups excluding carboxylic acids is 1. The van der Waals surface area contributed by atoms with Gasteiger partial charge in [-0.2, -0.15) is 0 Å². The number of nitrogens with zero attached hydrogens (tertiary/aromatic N) is 3. The Labute approximate surface area is 236 Å². The van der Waals surface area contributed by atoms with E-state index in [9.17, 15) is 18.0 Å². The van der Waals surface area contributed by atoms with Gasteiger partial charge in [0, 0.05) is 42.9 Å². The van der Waals surface area contributed by atoms with E-state index in [4.69, 9.17) is 4.74 Å². The van der Waals surface area contributed by atoms with Crippen LogP contribution < -0.4 is 15.4 Å². The van der Waals surface area contributed by atoms with Gasteiger partial charge in [-0.25, -0.2) is 0 Å². The number of alkyl halides is 3. The fraction of sp³-hybridized carbons (Fsp3) is 0.276. The molecule has 1 aliphatic rings. The average Bonchev–Trinajstić information content (AvgIpc) is 3.47. The number of fused-ring (bicyclic) bond motifs is 1. The van der Waals surface area contributed by atoms with Gasteiger partial charge in [0.15, 0.2) is 11.6 Å². The molecule has 4 aromatic rings. The first kappa shape index (κ1) is 28.4. The molecule has 2 N–H and O–H groups in total. The summed E-state index contributed by atoms with van der Waals surface area (Å²) in [6.45, 7) is 7.43. The smallest absolute Gasteiger partial charge is 0.406 e. The van der Waals surface area contributed by atoms with Crippen LogP contribution in [0, 0.1) is 0 Å². The molecule has 0 fully saturated rings. The van der Waals surface area contributed by atoms with E-state index in [1.54, 1.807) is 10.6 Å². The second kappa shape index (κ2) is 11.4. The van der Waals surface area contributed by atoms with Crippen LogP contribution in [0.2, 0.25) is 25.7 Å². The predicted molar refractivity (Wildman–Crippen MR) is 154 cm³/mol. The molecule has 1 amide bonds. The molecule has 3 aromatic carbocycles. The highest BCUT2D eigenvalue weighted by Gasteiger charge is 2.31. The molecule has 5 rings (SSSR count). The van der Waals surface area contributed by atoms with Crippen molar-refractivity contribution in [2.75, 3.05) is 17.2 Å². The van der Waals surface area contributed by atoms with Crippen molar-refractivity contribution in [3.8, 4) is 28.5 Å². The fourth-order valence-corrected chi connectivity index (χ4v) is 5.17. The molecule has 0 radical (unpaired) electrons. The summed E-state index contributed by atoms with van der Waals surface area (Å²) in [5.74, 6) is 0.479. The van der Waals surface area contributed by atoms with Gasteiger partial charge >= 0.3 is 6.36 Å². The van der Waals surface area contributed by atoms with E-state index in [0.717, 1.165) is 34.2 Å². The van der Waals surface area contributed by atoms with Gasteiger partial charge < -0.3 is 20.1 Å². The van der Waals surface area contributed by atoms with Crippen molar-refractivity contribution in [3.63, 3.8) is 0 Å². The van der Waals surface area contributed by atoms with Gasteiger partial charge in [-0.3, -0.25) is 9.36 Å². The Morgan fingerprint density at radius 1 is 0.951 bits per heavy atom. The fourth-order valence-electron chi connectivity index (χ4n) is 4.41. The van der Waals surface area contributed by atoms with Gasteiger partial charge in [-0.15, -0.1) is 23.4 Å². The zero-order valence-electron chi connectivity index (χ0n) is 22.9. The van der Waals surface area contributed by atoms with E-state index < -0.39 is 14.4 Å². The monoisotopic (exact) mass is 581 g/mol. The van der Waals surface area contributed by atoms with Crippen molar-refractivity contribution in [1.29, 1.82) is 0 Å². The van der Waals surface area contributed by atoms with Crippen LogP contribution in [0.15, 0.2) is 66.7 Å². The van der Waals surface area contributed by atoms with Crippen LogP contribution in [-0.4, -0.2) is 41.7 Å². The topological polar surface area (TPSA) is 90.3 Å². The van der Waals surface area contributed by atoms with Crippen LogP contribution >= 0.6 is 0 Å². The Morgan fingerprint density at radius 2 is 1.63 bits per heavy atom. The Hall–Kier alpha value is -4.16.